The molecule has 12 heteroatoms. The third kappa shape index (κ3) is 6.98. The quantitative estimate of drug-likeness (QED) is 0.191. The predicted molar refractivity (Wildman–Crippen MR) is 186 cm³/mol. The molecule has 7 rings (SSSR count). The van der Waals surface area contributed by atoms with Crippen molar-refractivity contribution in [2.75, 3.05) is 7.11 Å². The van der Waals surface area contributed by atoms with Gasteiger partial charge < -0.3 is 34.6 Å². The first kappa shape index (κ1) is 35.8. The maximum absolute atomic E-state index is 15.4. The number of amides is 1. The Bertz CT molecular complexity index is 1730. The van der Waals surface area contributed by atoms with Gasteiger partial charge in [0.25, 0.3) is 0 Å². The van der Waals surface area contributed by atoms with E-state index in [4.69, 9.17) is 29.3 Å². The monoisotopic (exact) mass is 687 g/mol. The minimum absolute atomic E-state index is 0.107. The first-order valence-electron chi connectivity index (χ1n) is 17.2. The van der Waals surface area contributed by atoms with Gasteiger partial charge in [0.2, 0.25) is 5.91 Å². The van der Waals surface area contributed by atoms with Gasteiger partial charge in [-0.25, -0.2) is 9.18 Å². The number of esters is 1. The molecule has 2 aromatic carbocycles. The van der Waals surface area contributed by atoms with Gasteiger partial charge in [-0.2, -0.15) is 0 Å². The number of methoxy groups -OCH3 is 1. The minimum Gasteiger partial charge on any atom is -0.496 e. The molecule has 1 saturated heterocycles. The molecule has 3 aliphatic carbocycles. The number of ether oxygens (including phenoxy) is 3. The summed E-state index contributed by atoms with van der Waals surface area (Å²) < 4.78 is 45.8. The maximum atomic E-state index is 15.4. The van der Waals surface area contributed by atoms with Crippen LogP contribution in [0.4, 0.5) is 4.39 Å². The number of pyridine rings is 1. The second-order valence-electron chi connectivity index (χ2n) is 15.4. The van der Waals surface area contributed by atoms with E-state index in [1.165, 1.54) is 19.4 Å². The molecule has 6 atom stereocenters. The highest BCUT2D eigenvalue weighted by Gasteiger charge is 2.68. The lowest BCUT2D eigenvalue weighted by molar-refractivity contribution is -0.199. The highest BCUT2D eigenvalue weighted by molar-refractivity contribution is 6.48. The standard InChI is InChI=1S/C38H47BFN3O7/c1-36(2,3)48-35(45)26-15-11-14-23(33(26)46-7)16-30(39-49-29-18-24-17-28(37(24,4)5)38(29,6)50-39)43-34(44)31(41)32-27(40)19-25(20-42-32)47-21-22-12-9-8-10-13-22/h8-15,19-20,24,28-31H,16-18,21,41H2,1-7H3,(H,43,44)/t24-,28-,29+,30-,31?,38-/m0/s1. The molecule has 1 aliphatic heterocycles. The van der Waals surface area contributed by atoms with Gasteiger partial charge in [0.15, 0.2) is 5.82 Å². The number of carbonyl (C=O) groups excluding carboxylic acids is 2. The van der Waals surface area contributed by atoms with Crippen LogP contribution < -0.4 is 20.5 Å². The summed E-state index contributed by atoms with van der Waals surface area (Å²) in [4.78, 5) is 31.1. The van der Waals surface area contributed by atoms with E-state index >= 15 is 4.39 Å². The van der Waals surface area contributed by atoms with E-state index in [1.54, 1.807) is 32.9 Å². The predicted octanol–water partition coefficient (Wildman–Crippen LogP) is 5.76. The molecule has 0 radical (unpaired) electrons. The molecule has 3 aromatic rings. The second-order valence-corrected chi connectivity index (χ2v) is 15.4. The van der Waals surface area contributed by atoms with Gasteiger partial charge in [-0.15, -0.1) is 0 Å². The Labute approximate surface area is 293 Å². The van der Waals surface area contributed by atoms with Crippen LogP contribution in [-0.4, -0.2) is 54.3 Å². The second kappa shape index (κ2) is 13.6. The lowest BCUT2D eigenvalue weighted by Gasteiger charge is -2.64. The fourth-order valence-corrected chi connectivity index (χ4v) is 7.88. The number of nitrogens with one attached hydrogen (secondary N) is 1. The summed E-state index contributed by atoms with van der Waals surface area (Å²) >= 11 is 0. The molecule has 50 heavy (non-hydrogen) atoms. The Hall–Kier alpha value is -4.00. The number of benzene rings is 2. The van der Waals surface area contributed by atoms with Gasteiger partial charge in [0.1, 0.15) is 41.0 Å². The van der Waals surface area contributed by atoms with Crippen molar-refractivity contribution >= 4 is 19.0 Å². The molecule has 0 spiro atoms. The van der Waals surface area contributed by atoms with Crippen molar-refractivity contribution in [3.63, 3.8) is 0 Å². The largest absolute Gasteiger partial charge is 0.496 e. The number of hydrogen-bond acceptors (Lipinski definition) is 9. The van der Waals surface area contributed by atoms with Gasteiger partial charge in [0.05, 0.1) is 31.0 Å². The molecule has 3 N–H and O–H groups in total. The minimum atomic E-state index is -1.44. The fourth-order valence-electron chi connectivity index (χ4n) is 7.88. The van der Waals surface area contributed by atoms with Crippen molar-refractivity contribution in [3.05, 3.63) is 89.0 Å². The number of aromatic nitrogens is 1. The summed E-state index contributed by atoms with van der Waals surface area (Å²) in [6.07, 6.45) is 3.25. The number of nitrogens with zero attached hydrogens (tertiary/aromatic N) is 1. The molecular formula is C38H47BFN3O7. The zero-order chi connectivity index (χ0) is 36.0. The van der Waals surface area contributed by atoms with E-state index < -0.39 is 48.0 Å². The highest BCUT2D eigenvalue weighted by atomic mass is 19.1. The Morgan fingerprint density at radius 3 is 2.52 bits per heavy atom. The van der Waals surface area contributed by atoms with Crippen molar-refractivity contribution < 1.29 is 37.5 Å². The zero-order valence-corrected chi connectivity index (χ0v) is 29.8. The van der Waals surface area contributed by atoms with Crippen molar-refractivity contribution in [2.45, 2.75) is 96.7 Å². The number of carbonyl (C=O) groups is 2. The van der Waals surface area contributed by atoms with Crippen LogP contribution in [0.3, 0.4) is 0 Å². The van der Waals surface area contributed by atoms with Crippen LogP contribution in [0.15, 0.2) is 60.8 Å². The van der Waals surface area contributed by atoms with Crippen LogP contribution in [0, 0.1) is 23.1 Å². The summed E-state index contributed by atoms with van der Waals surface area (Å²) in [6.45, 7) is 12.2. The highest BCUT2D eigenvalue weighted by Crippen LogP contribution is 2.65. The van der Waals surface area contributed by atoms with E-state index in [2.05, 4.69) is 31.1 Å². The molecule has 266 valence electrons. The third-order valence-corrected chi connectivity index (χ3v) is 10.7. The number of halogens is 1. The summed E-state index contributed by atoms with van der Waals surface area (Å²) in [5, 5.41) is 2.98. The summed E-state index contributed by atoms with van der Waals surface area (Å²) in [5.74, 6) is -1.42. The number of hydrogen-bond donors (Lipinski definition) is 2. The van der Waals surface area contributed by atoms with E-state index in [9.17, 15) is 9.59 Å². The molecule has 2 bridgehead atoms. The van der Waals surface area contributed by atoms with Crippen LogP contribution in [0.25, 0.3) is 0 Å². The van der Waals surface area contributed by atoms with Crippen LogP contribution >= 0.6 is 0 Å². The zero-order valence-electron chi connectivity index (χ0n) is 29.8. The van der Waals surface area contributed by atoms with Crippen LogP contribution in [0.2, 0.25) is 0 Å². The molecule has 1 aromatic heterocycles. The molecular weight excluding hydrogens is 640 g/mol. The Balaban J connectivity index is 1.25. The lowest BCUT2D eigenvalue weighted by Crippen LogP contribution is -2.65. The van der Waals surface area contributed by atoms with Gasteiger partial charge in [-0.3, -0.25) is 9.78 Å². The Kier molecular flexibility index (Phi) is 9.75. The molecule has 1 amide bonds. The maximum Gasteiger partial charge on any atom is 0.482 e. The Morgan fingerprint density at radius 1 is 1.12 bits per heavy atom. The molecule has 4 aliphatic rings. The average molecular weight is 688 g/mol. The van der Waals surface area contributed by atoms with Crippen molar-refractivity contribution in [3.8, 4) is 11.5 Å². The van der Waals surface area contributed by atoms with E-state index in [-0.39, 0.29) is 47.5 Å². The summed E-state index contributed by atoms with van der Waals surface area (Å²) in [7, 11) is 0.628. The fraction of sp³-hybridized carbons (Fsp3) is 0.500. The smallest absolute Gasteiger partial charge is 0.482 e. The number of nitrogens with two attached hydrogens (primary N) is 1. The lowest BCUT2D eigenvalue weighted by atomic mass is 9.43. The van der Waals surface area contributed by atoms with Crippen molar-refractivity contribution in [2.24, 2.45) is 23.0 Å². The van der Waals surface area contributed by atoms with E-state index in [1.807, 2.05) is 36.4 Å². The average Bonchev–Trinajstić information content (AvgIpc) is 3.43. The van der Waals surface area contributed by atoms with Gasteiger partial charge in [-0.05, 0) is 81.4 Å². The van der Waals surface area contributed by atoms with Gasteiger partial charge >= 0.3 is 13.1 Å². The van der Waals surface area contributed by atoms with E-state index in [0.717, 1.165) is 18.4 Å². The van der Waals surface area contributed by atoms with Gasteiger partial charge in [-0.1, -0.05) is 56.3 Å². The molecule has 4 fully saturated rings. The Morgan fingerprint density at radius 2 is 1.86 bits per heavy atom. The summed E-state index contributed by atoms with van der Waals surface area (Å²) in [5.41, 5.74) is 6.75. The van der Waals surface area contributed by atoms with Crippen LogP contribution in [-0.2, 0) is 31.9 Å². The molecule has 2 heterocycles. The van der Waals surface area contributed by atoms with Gasteiger partial charge in [0, 0.05) is 6.07 Å². The topological polar surface area (TPSA) is 131 Å². The third-order valence-electron chi connectivity index (χ3n) is 10.7. The van der Waals surface area contributed by atoms with Crippen LogP contribution in [0.1, 0.15) is 87.6 Å². The van der Waals surface area contributed by atoms with Crippen molar-refractivity contribution in [1.82, 2.24) is 10.3 Å². The molecule has 1 unspecified atom stereocenters. The SMILES string of the molecule is COc1c(C[C@H](NC(=O)C(N)c2ncc(OCc3ccccc3)cc2F)B2O[C@@H]3C[C@@H]4C[C@@H](C4(C)C)[C@]3(C)O2)cccc1C(=O)OC(C)(C)C. The molecule has 3 saturated carbocycles. The first-order chi connectivity index (χ1) is 23.6. The first-order valence-corrected chi connectivity index (χ1v) is 17.2. The molecule has 10 nitrogen and oxygen atoms in total. The summed E-state index contributed by atoms with van der Waals surface area (Å²) in [6, 6.07) is 14.4. The van der Waals surface area contributed by atoms with Crippen LogP contribution in [0.5, 0.6) is 11.5 Å². The normalized spacial score (nSPS) is 24.7. The van der Waals surface area contributed by atoms with Crippen molar-refractivity contribution in [1.29, 1.82) is 0 Å². The number of para-hydroxylation sites is 1. The number of rotatable bonds is 11. The van der Waals surface area contributed by atoms with E-state index in [0.29, 0.717) is 17.2 Å².